The molecule has 0 spiro atoms. The number of carbonyl (C=O) groups is 1. The van der Waals surface area contributed by atoms with Gasteiger partial charge in [-0.1, -0.05) is 13.3 Å². The second kappa shape index (κ2) is 8.19. The molecule has 0 saturated carbocycles. The van der Waals surface area contributed by atoms with Gasteiger partial charge in [-0.3, -0.25) is 9.78 Å². The van der Waals surface area contributed by atoms with Gasteiger partial charge in [-0.15, -0.1) is 0 Å². The summed E-state index contributed by atoms with van der Waals surface area (Å²) in [4.78, 5) is 27.7. The zero-order valence-electron chi connectivity index (χ0n) is 15.1. The molecule has 1 unspecified atom stereocenters. The Morgan fingerprint density at radius 2 is 2.12 bits per heavy atom. The summed E-state index contributed by atoms with van der Waals surface area (Å²) >= 11 is 0. The third-order valence-corrected chi connectivity index (χ3v) is 4.84. The van der Waals surface area contributed by atoms with E-state index in [-0.39, 0.29) is 11.8 Å². The summed E-state index contributed by atoms with van der Waals surface area (Å²) in [6.45, 7) is 5.68. The van der Waals surface area contributed by atoms with Gasteiger partial charge in [0.15, 0.2) is 0 Å². The largest absolute Gasteiger partial charge is 0.342 e. The zero-order chi connectivity index (χ0) is 17.6. The van der Waals surface area contributed by atoms with Crippen LogP contribution in [0.4, 0.5) is 0 Å². The van der Waals surface area contributed by atoms with Crippen LogP contribution in [0.2, 0.25) is 0 Å². The Bertz CT molecular complexity index is 717. The molecule has 5 nitrogen and oxygen atoms in total. The molecule has 25 heavy (non-hydrogen) atoms. The van der Waals surface area contributed by atoms with Gasteiger partial charge >= 0.3 is 0 Å². The van der Waals surface area contributed by atoms with E-state index in [1.54, 1.807) is 12.4 Å². The Kier molecular flexibility index (Phi) is 5.74. The van der Waals surface area contributed by atoms with E-state index in [1.807, 2.05) is 30.2 Å². The van der Waals surface area contributed by atoms with E-state index in [2.05, 4.69) is 16.9 Å². The van der Waals surface area contributed by atoms with Crippen LogP contribution in [0.25, 0.3) is 11.1 Å². The van der Waals surface area contributed by atoms with Crippen molar-refractivity contribution < 1.29 is 4.79 Å². The van der Waals surface area contributed by atoms with Gasteiger partial charge in [0.05, 0.1) is 5.69 Å². The topological polar surface area (TPSA) is 59.0 Å². The molecule has 1 atom stereocenters. The van der Waals surface area contributed by atoms with Crippen molar-refractivity contribution in [1.29, 1.82) is 0 Å². The number of aryl methyl sites for hydroxylation is 1. The van der Waals surface area contributed by atoms with Crippen LogP contribution in [0.5, 0.6) is 0 Å². The maximum Gasteiger partial charge on any atom is 0.222 e. The second-order valence-electron chi connectivity index (χ2n) is 6.73. The molecular formula is C20H26N4O. The maximum atomic E-state index is 12.4. The predicted octanol–water partition coefficient (Wildman–Crippen LogP) is 3.74. The van der Waals surface area contributed by atoms with E-state index in [4.69, 9.17) is 4.98 Å². The van der Waals surface area contributed by atoms with Crippen LogP contribution < -0.4 is 0 Å². The second-order valence-corrected chi connectivity index (χ2v) is 6.73. The molecule has 1 aliphatic rings. The number of aromatic nitrogens is 3. The quantitative estimate of drug-likeness (QED) is 0.833. The van der Waals surface area contributed by atoms with E-state index in [9.17, 15) is 4.79 Å². The number of nitrogens with zero attached hydrogens (tertiary/aromatic N) is 4. The molecule has 5 heteroatoms. The minimum atomic E-state index is 0.268. The highest BCUT2D eigenvalue weighted by Crippen LogP contribution is 2.33. The lowest BCUT2D eigenvalue weighted by Gasteiger charge is -2.33. The van der Waals surface area contributed by atoms with Crippen molar-refractivity contribution in [2.75, 3.05) is 13.1 Å². The first kappa shape index (κ1) is 17.5. The lowest BCUT2D eigenvalue weighted by molar-refractivity contribution is -0.132. The molecule has 3 rings (SSSR count). The molecule has 1 aliphatic heterocycles. The number of hydrogen-bond donors (Lipinski definition) is 0. The maximum absolute atomic E-state index is 12.4. The van der Waals surface area contributed by atoms with E-state index < -0.39 is 0 Å². The van der Waals surface area contributed by atoms with Gasteiger partial charge in [0.2, 0.25) is 5.91 Å². The first-order valence-corrected chi connectivity index (χ1v) is 9.20. The molecule has 1 fully saturated rings. The number of likely N-dealkylation sites (tertiary alicyclic amines) is 1. The van der Waals surface area contributed by atoms with Crippen molar-refractivity contribution in [2.24, 2.45) is 0 Å². The minimum absolute atomic E-state index is 0.268. The number of piperidine rings is 1. The highest BCUT2D eigenvalue weighted by atomic mass is 16.2. The fourth-order valence-electron chi connectivity index (χ4n) is 3.47. The number of amides is 1. The molecule has 0 radical (unpaired) electrons. The summed E-state index contributed by atoms with van der Waals surface area (Å²) in [5.74, 6) is 1.33. The van der Waals surface area contributed by atoms with Crippen LogP contribution in [0.1, 0.15) is 56.5 Å². The third kappa shape index (κ3) is 4.21. The normalized spacial score (nSPS) is 17.5. The lowest BCUT2D eigenvalue weighted by atomic mass is 9.90. The van der Waals surface area contributed by atoms with Crippen molar-refractivity contribution in [3.05, 3.63) is 42.2 Å². The smallest absolute Gasteiger partial charge is 0.222 e. The third-order valence-electron chi connectivity index (χ3n) is 4.84. The average molecular weight is 338 g/mol. The molecule has 0 aliphatic carbocycles. The zero-order valence-corrected chi connectivity index (χ0v) is 15.1. The van der Waals surface area contributed by atoms with Gasteiger partial charge in [0.1, 0.15) is 5.82 Å². The van der Waals surface area contributed by atoms with E-state index in [1.165, 1.54) is 0 Å². The standard InChI is InChI=1S/C20H26N4O/c1-3-4-7-19(25)24-12-5-6-17(14-24)20-18(13-22-15(2)23-20)16-8-10-21-11-9-16/h8-11,13,17H,3-7,12,14H2,1-2H3. The predicted molar refractivity (Wildman–Crippen MR) is 98.1 cm³/mol. The van der Waals surface area contributed by atoms with Crippen molar-refractivity contribution in [3.8, 4) is 11.1 Å². The Hall–Kier alpha value is -2.30. The van der Waals surface area contributed by atoms with Crippen LogP contribution >= 0.6 is 0 Å². The summed E-state index contributed by atoms with van der Waals surface area (Å²) in [5.41, 5.74) is 3.20. The van der Waals surface area contributed by atoms with Crippen LogP contribution in [-0.4, -0.2) is 38.8 Å². The van der Waals surface area contributed by atoms with Crippen molar-refractivity contribution >= 4 is 5.91 Å². The number of pyridine rings is 1. The van der Waals surface area contributed by atoms with Gasteiger partial charge in [-0.05, 0) is 43.9 Å². The molecule has 0 bridgehead atoms. The number of carbonyl (C=O) groups excluding carboxylic acids is 1. The monoisotopic (exact) mass is 338 g/mol. The molecule has 2 aromatic rings. The Labute approximate surface area is 149 Å². The average Bonchev–Trinajstić information content (AvgIpc) is 2.67. The lowest BCUT2D eigenvalue weighted by Crippen LogP contribution is -2.39. The van der Waals surface area contributed by atoms with Crippen LogP contribution in [0, 0.1) is 6.92 Å². The summed E-state index contributed by atoms with van der Waals surface area (Å²) in [6.07, 6.45) is 10.3. The molecule has 132 valence electrons. The number of unbranched alkanes of at least 4 members (excludes halogenated alkanes) is 1. The van der Waals surface area contributed by atoms with Crippen molar-refractivity contribution in [3.63, 3.8) is 0 Å². The SMILES string of the molecule is CCCCC(=O)N1CCCC(c2nc(C)ncc2-c2ccncc2)C1. The van der Waals surface area contributed by atoms with E-state index in [0.717, 1.165) is 61.4 Å². The summed E-state index contributed by atoms with van der Waals surface area (Å²) in [7, 11) is 0. The minimum Gasteiger partial charge on any atom is -0.342 e. The highest BCUT2D eigenvalue weighted by Gasteiger charge is 2.27. The molecule has 1 saturated heterocycles. The Morgan fingerprint density at radius 1 is 1.32 bits per heavy atom. The molecule has 2 aromatic heterocycles. The molecular weight excluding hydrogens is 312 g/mol. The van der Waals surface area contributed by atoms with Crippen LogP contribution in [-0.2, 0) is 4.79 Å². The van der Waals surface area contributed by atoms with Gasteiger partial charge in [-0.25, -0.2) is 9.97 Å². The van der Waals surface area contributed by atoms with Crippen molar-refractivity contribution in [2.45, 2.75) is 51.9 Å². The first-order chi connectivity index (χ1) is 12.2. The van der Waals surface area contributed by atoms with E-state index in [0.29, 0.717) is 6.42 Å². The Morgan fingerprint density at radius 3 is 2.88 bits per heavy atom. The summed E-state index contributed by atoms with van der Waals surface area (Å²) in [6, 6.07) is 3.98. The summed E-state index contributed by atoms with van der Waals surface area (Å²) < 4.78 is 0. The Balaban J connectivity index is 1.85. The van der Waals surface area contributed by atoms with E-state index >= 15 is 0 Å². The fourth-order valence-corrected chi connectivity index (χ4v) is 3.47. The fraction of sp³-hybridized carbons (Fsp3) is 0.500. The molecule has 1 amide bonds. The van der Waals surface area contributed by atoms with Gasteiger partial charge in [0.25, 0.3) is 0 Å². The highest BCUT2D eigenvalue weighted by molar-refractivity contribution is 5.76. The van der Waals surface area contributed by atoms with Gasteiger partial charge in [0, 0.05) is 49.6 Å². The van der Waals surface area contributed by atoms with Crippen LogP contribution in [0.3, 0.4) is 0 Å². The first-order valence-electron chi connectivity index (χ1n) is 9.20. The van der Waals surface area contributed by atoms with Crippen LogP contribution in [0.15, 0.2) is 30.7 Å². The van der Waals surface area contributed by atoms with Gasteiger partial charge in [-0.2, -0.15) is 0 Å². The molecule has 3 heterocycles. The molecule has 0 N–H and O–H groups in total. The molecule has 0 aromatic carbocycles. The number of hydrogen-bond acceptors (Lipinski definition) is 4. The summed E-state index contributed by atoms with van der Waals surface area (Å²) in [5, 5.41) is 0. The van der Waals surface area contributed by atoms with Gasteiger partial charge < -0.3 is 4.90 Å². The number of rotatable bonds is 5. The van der Waals surface area contributed by atoms with Crippen molar-refractivity contribution in [1.82, 2.24) is 19.9 Å².